The SMILES string of the molecule is Cc1cccc(-n2nc(C)c3c2CCC(N)C3)c1. The van der Waals surface area contributed by atoms with Gasteiger partial charge in [0.05, 0.1) is 11.4 Å². The lowest BCUT2D eigenvalue weighted by atomic mass is 9.92. The molecule has 0 saturated carbocycles. The first kappa shape index (κ1) is 11.5. The van der Waals surface area contributed by atoms with Gasteiger partial charge >= 0.3 is 0 Å². The third-order valence-corrected chi connectivity index (χ3v) is 3.76. The molecule has 0 bridgehead atoms. The van der Waals surface area contributed by atoms with Crippen molar-refractivity contribution >= 4 is 0 Å². The molecule has 1 aliphatic rings. The second-order valence-electron chi connectivity index (χ2n) is 5.26. The first-order valence-electron chi connectivity index (χ1n) is 6.55. The maximum absolute atomic E-state index is 6.05. The summed E-state index contributed by atoms with van der Waals surface area (Å²) in [6.45, 7) is 4.20. The highest BCUT2D eigenvalue weighted by Gasteiger charge is 2.23. The number of rotatable bonds is 1. The standard InChI is InChI=1S/C15H19N3/c1-10-4-3-5-13(8-10)18-15-7-6-12(16)9-14(15)11(2)17-18/h3-5,8,12H,6-7,9,16H2,1-2H3. The Kier molecular flexibility index (Phi) is 2.71. The number of hydrogen-bond acceptors (Lipinski definition) is 2. The zero-order chi connectivity index (χ0) is 12.7. The summed E-state index contributed by atoms with van der Waals surface area (Å²) in [7, 11) is 0. The van der Waals surface area contributed by atoms with Crippen LogP contribution in [0.15, 0.2) is 24.3 Å². The number of nitrogens with zero attached hydrogens (tertiary/aromatic N) is 2. The minimum absolute atomic E-state index is 0.298. The van der Waals surface area contributed by atoms with Gasteiger partial charge in [-0.3, -0.25) is 0 Å². The first-order chi connectivity index (χ1) is 8.65. The van der Waals surface area contributed by atoms with Gasteiger partial charge in [0, 0.05) is 11.7 Å². The molecule has 1 aromatic carbocycles. The summed E-state index contributed by atoms with van der Waals surface area (Å²) in [6, 6.07) is 8.80. The van der Waals surface area contributed by atoms with Crippen LogP contribution < -0.4 is 5.73 Å². The van der Waals surface area contributed by atoms with Crippen molar-refractivity contribution in [3.8, 4) is 5.69 Å². The molecule has 3 rings (SSSR count). The van der Waals surface area contributed by atoms with E-state index in [9.17, 15) is 0 Å². The first-order valence-corrected chi connectivity index (χ1v) is 6.55. The van der Waals surface area contributed by atoms with Crippen LogP contribution in [0, 0.1) is 13.8 Å². The van der Waals surface area contributed by atoms with E-state index in [0.717, 1.165) is 30.6 Å². The zero-order valence-corrected chi connectivity index (χ0v) is 11.0. The van der Waals surface area contributed by atoms with E-state index in [1.54, 1.807) is 0 Å². The lowest BCUT2D eigenvalue weighted by Crippen LogP contribution is -2.28. The second kappa shape index (κ2) is 4.25. The molecule has 18 heavy (non-hydrogen) atoms. The smallest absolute Gasteiger partial charge is 0.0651 e. The fourth-order valence-electron chi connectivity index (χ4n) is 2.79. The minimum atomic E-state index is 0.298. The van der Waals surface area contributed by atoms with E-state index in [2.05, 4.69) is 42.8 Å². The quantitative estimate of drug-likeness (QED) is 0.832. The highest BCUT2D eigenvalue weighted by Crippen LogP contribution is 2.26. The molecule has 2 aromatic rings. The number of nitrogens with two attached hydrogens (primary N) is 1. The fourth-order valence-corrected chi connectivity index (χ4v) is 2.79. The van der Waals surface area contributed by atoms with Gasteiger partial charge < -0.3 is 5.73 Å². The van der Waals surface area contributed by atoms with Gasteiger partial charge in [-0.2, -0.15) is 5.10 Å². The molecule has 0 radical (unpaired) electrons. The van der Waals surface area contributed by atoms with Crippen LogP contribution in [0.25, 0.3) is 5.69 Å². The molecule has 2 N–H and O–H groups in total. The van der Waals surface area contributed by atoms with Crippen LogP contribution in [0.1, 0.15) is 28.9 Å². The highest BCUT2D eigenvalue weighted by atomic mass is 15.3. The van der Waals surface area contributed by atoms with Crippen LogP contribution in [-0.2, 0) is 12.8 Å². The molecule has 0 amide bonds. The normalized spacial score (nSPS) is 18.7. The molecule has 3 nitrogen and oxygen atoms in total. The van der Waals surface area contributed by atoms with Gasteiger partial charge in [0.25, 0.3) is 0 Å². The third kappa shape index (κ3) is 1.85. The average Bonchev–Trinajstić information content (AvgIpc) is 2.67. The molecular formula is C15H19N3. The lowest BCUT2D eigenvalue weighted by Gasteiger charge is -2.19. The van der Waals surface area contributed by atoms with Crippen molar-refractivity contribution in [2.75, 3.05) is 0 Å². The Morgan fingerprint density at radius 2 is 2.17 bits per heavy atom. The van der Waals surface area contributed by atoms with E-state index in [1.165, 1.54) is 16.8 Å². The number of fused-ring (bicyclic) bond motifs is 1. The van der Waals surface area contributed by atoms with Crippen molar-refractivity contribution in [2.45, 2.75) is 39.2 Å². The van der Waals surface area contributed by atoms with Crippen molar-refractivity contribution in [1.82, 2.24) is 9.78 Å². The van der Waals surface area contributed by atoms with Crippen LogP contribution in [0.2, 0.25) is 0 Å². The van der Waals surface area contributed by atoms with Crippen molar-refractivity contribution in [3.63, 3.8) is 0 Å². The Morgan fingerprint density at radius 3 is 2.94 bits per heavy atom. The molecule has 1 atom stereocenters. The Balaban J connectivity index is 2.11. The molecule has 3 heteroatoms. The lowest BCUT2D eigenvalue weighted by molar-refractivity contribution is 0.562. The molecule has 1 aliphatic carbocycles. The fraction of sp³-hybridized carbons (Fsp3) is 0.400. The highest BCUT2D eigenvalue weighted by molar-refractivity contribution is 5.40. The maximum atomic E-state index is 6.05. The van der Waals surface area contributed by atoms with Crippen LogP contribution in [0.4, 0.5) is 0 Å². The number of benzene rings is 1. The summed E-state index contributed by atoms with van der Waals surface area (Å²) in [4.78, 5) is 0. The Labute approximate surface area is 108 Å². The van der Waals surface area contributed by atoms with Crippen LogP contribution in [0.5, 0.6) is 0 Å². The van der Waals surface area contributed by atoms with Crippen molar-refractivity contribution < 1.29 is 0 Å². The molecular weight excluding hydrogens is 222 g/mol. The predicted octanol–water partition coefficient (Wildman–Crippen LogP) is 2.31. The largest absolute Gasteiger partial charge is 0.327 e. The van der Waals surface area contributed by atoms with Crippen LogP contribution in [-0.4, -0.2) is 15.8 Å². The molecule has 0 fully saturated rings. The maximum Gasteiger partial charge on any atom is 0.0651 e. The number of aromatic nitrogens is 2. The van der Waals surface area contributed by atoms with Gasteiger partial charge in [-0.1, -0.05) is 12.1 Å². The Bertz CT molecular complexity index is 583. The van der Waals surface area contributed by atoms with Gasteiger partial charge in [0.2, 0.25) is 0 Å². The monoisotopic (exact) mass is 241 g/mol. The third-order valence-electron chi connectivity index (χ3n) is 3.76. The average molecular weight is 241 g/mol. The van der Waals surface area contributed by atoms with Gasteiger partial charge in [-0.25, -0.2) is 4.68 Å². The minimum Gasteiger partial charge on any atom is -0.327 e. The van der Waals surface area contributed by atoms with E-state index in [-0.39, 0.29) is 0 Å². The number of aryl methyl sites for hydroxylation is 2. The molecule has 0 saturated heterocycles. The van der Waals surface area contributed by atoms with E-state index in [0.29, 0.717) is 6.04 Å². The van der Waals surface area contributed by atoms with Gasteiger partial charge in [0.15, 0.2) is 0 Å². The zero-order valence-electron chi connectivity index (χ0n) is 11.0. The van der Waals surface area contributed by atoms with Crippen molar-refractivity contribution in [3.05, 3.63) is 46.8 Å². The summed E-state index contributed by atoms with van der Waals surface area (Å²) in [5, 5.41) is 4.70. The van der Waals surface area contributed by atoms with Gasteiger partial charge in [-0.05, 0) is 56.4 Å². The van der Waals surface area contributed by atoms with E-state index < -0.39 is 0 Å². The van der Waals surface area contributed by atoms with Gasteiger partial charge in [-0.15, -0.1) is 0 Å². The topological polar surface area (TPSA) is 43.8 Å². The van der Waals surface area contributed by atoms with E-state index >= 15 is 0 Å². The molecule has 0 spiro atoms. The number of hydrogen-bond donors (Lipinski definition) is 1. The Morgan fingerprint density at radius 1 is 1.33 bits per heavy atom. The molecule has 1 unspecified atom stereocenters. The van der Waals surface area contributed by atoms with Crippen LogP contribution in [0.3, 0.4) is 0 Å². The molecule has 0 aliphatic heterocycles. The van der Waals surface area contributed by atoms with E-state index in [1.807, 2.05) is 0 Å². The molecule has 94 valence electrons. The second-order valence-corrected chi connectivity index (χ2v) is 5.26. The Hall–Kier alpha value is -1.61. The van der Waals surface area contributed by atoms with Gasteiger partial charge in [0.1, 0.15) is 0 Å². The summed E-state index contributed by atoms with van der Waals surface area (Å²) in [5.41, 5.74) is 12.3. The predicted molar refractivity (Wildman–Crippen MR) is 73.0 cm³/mol. The van der Waals surface area contributed by atoms with Crippen molar-refractivity contribution in [1.29, 1.82) is 0 Å². The van der Waals surface area contributed by atoms with Crippen molar-refractivity contribution in [2.24, 2.45) is 5.73 Å². The molecule has 1 heterocycles. The summed E-state index contributed by atoms with van der Waals surface area (Å²) < 4.78 is 2.10. The summed E-state index contributed by atoms with van der Waals surface area (Å²) in [5.74, 6) is 0. The summed E-state index contributed by atoms with van der Waals surface area (Å²) >= 11 is 0. The van der Waals surface area contributed by atoms with Crippen LogP contribution >= 0.6 is 0 Å². The summed E-state index contributed by atoms with van der Waals surface area (Å²) in [6.07, 6.45) is 3.06. The molecule has 1 aromatic heterocycles. The van der Waals surface area contributed by atoms with E-state index in [4.69, 9.17) is 10.8 Å².